The first-order chi connectivity index (χ1) is 12.1. The van der Waals surface area contributed by atoms with Crippen LogP contribution in [0.2, 0.25) is 0 Å². The van der Waals surface area contributed by atoms with E-state index in [-0.39, 0.29) is 13.2 Å². The number of nitrogens with zero attached hydrogens (tertiary/aromatic N) is 1. The number of rotatable bonds is 6. The zero-order valence-corrected chi connectivity index (χ0v) is 15.0. The first kappa shape index (κ1) is 17.2. The zero-order chi connectivity index (χ0) is 17.6. The fourth-order valence-electron chi connectivity index (χ4n) is 2.28. The molecule has 0 saturated carbocycles. The molecule has 0 bridgehead atoms. The highest BCUT2D eigenvalue weighted by molar-refractivity contribution is 7.13. The lowest BCUT2D eigenvalue weighted by atomic mass is 10.1. The molecule has 0 saturated heterocycles. The van der Waals surface area contributed by atoms with Gasteiger partial charge in [-0.05, 0) is 31.0 Å². The van der Waals surface area contributed by atoms with Gasteiger partial charge in [-0.15, -0.1) is 11.3 Å². The standard InChI is InChI=1S/C20H19NO3S/c1-14-8-9-15(2)18(10-14)23-12-19(22)24-11-17-13-25-20(21-17)16-6-4-3-5-7-16/h3-10,13H,11-12H2,1-2H3. The summed E-state index contributed by atoms with van der Waals surface area (Å²) >= 11 is 1.53. The molecule has 0 radical (unpaired) electrons. The topological polar surface area (TPSA) is 48.4 Å². The van der Waals surface area contributed by atoms with E-state index in [4.69, 9.17) is 9.47 Å². The minimum absolute atomic E-state index is 0.111. The van der Waals surface area contributed by atoms with Gasteiger partial charge in [-0.2, -0.15) is 0 Å². The molecule has 0 unspecified atom stereocenters. The van der Waals surface area contributed by atoms with Crippen molar-refractivity contribution >= 4 is 17.3 Å². The number of esters is 1. The van der Waals surface area contributed by atoms with Crippen LogP contribution >= 0.6 is 11.3 Å². The Morgan fingerprint density at radius 2 is 1.92 bits per heavy atom. The molecular formula is C20H19NO3S. The van der Waals surface area contributed by atoms with Crippen molar-refractivity contribution in [2.45, 2.75) is 20.5 Å². The monoisotopic (exact) mass is 353 g/mol. The summed E-state index contributed by atoms with van der Waals surface area (Å²) in [5.74, 6) is 0.298. The molecule has 0 fully saturated rings. The van der Waals surface area contributed by atoms with Crippen LogP contribution in [-0.2, 0) is 16.1 Å². The lowest BCUT2D eigenvalue weighted by molar-refractivity contribution is -0.147. The molecule has 0 spiro atoms. The van der Waals surface area contributed by atoms with Crippen LogP contribution < -0.4 is 4.74 Å². The molecule has 0 amide bonds. The molecule has 0 atom stereocenters. The number of aryl methyl sites for hydroxylation is 2. The Balaban J connectivity index is 1.51. The van der Waals surface area contributed by atoms with Crippen LogP contribution in [0.1, 0.15) is 16.8 Å². The Morgan fingerprint density at radius 3 is 2.72 bits per heavy atom. The van der Waals surface area contributed by atoms with Gasteiger partial charge >= 0.3 is 5.97 Å². The van der Waals surface area contributed by atoms with Crippen molar-refractivity contribution in [3.05, 3.63) is 70.7 Å². The smallest absolute Gasteiger partial charge is 0.344 e. The normalized spacial score (nSPS) is 10.5. The highest BCUT2D eigenvalue weighted by atomic mass is 32.1. The van der Waals surface area contributed by atoms with E-state index >= 15 is 0 Å². The zero-order valence-electron chi connectivity index (χ0n) is 14.2. The van der Waals surface area contributed by atoms with Gasteiger partial charge in [-0.25, -0.2) is 9.78 Å². The molecule has 1 heterocycles. The lowest BCUT2D eigenvalue weighted by Crippen LogP contribution is -2.15. The van der Waals surface area contributed by atoms with Crippen molar-refractivity contribution in [2.75, 3.05) is 6.61 Å². The van der Waals surface area contributed by atoms with E-state index in [0.29, 0.717) is 5.75 Å². The summed E-state index contributed by atoms with van der Waals surface area (Å²) in [4.78, 5) is 16.4. The molecule has 0 aliphatic rings. The maximum Gasteiger partial charge on any atom is 0.344 e. The van der Waals surface area contributed by atoms with E-state index in [0.717, 1.165) is 27.4 Å². The van der Waals surface area contributed by atoms with E-state index in [1.54, 1.807) is 0 Å². The third-order valence-electron chi connectivity index (χ3n) is 3.64. The SMILES string of the molecule is Cc1ccc(C)c(OCC(=O)OCc2csc(-c3ccccc3)n2)c1. The van der Waals surface area contributed by atoms with Crippen LogP contribution in [0.3, 0.4) is 0 Å². The summed E-state index contributed by atoms with van der Waals surface area (Å²) in [6.45, 7) is 3.97. The van der Waals surface area contributed by atoms with Gasteiger partial charge in [0.2, 0.25) is 0 Å². The van der Waals surface area contributed by atoms with E-state index in [1.807, 2.05) is 67.8 Å². The molecule has 0 aliphatic heterocycles. The van der Waals surface area contributed by atoms with Crippen molar-refractivity contribution in [1.82, 2.24) is 4.98 Å². The number of hydrogen-bond donors (Lipinski definition) is 0. The molecule has 2 aromatic carbocycles. The van der Waals surface area contributed by atoms with Gasteiger partial charge in [0, 0.05) is 10.9 Å². The van der Waals surface area contributed by atoms with Crippen molar-refractivity contribution in [1.29, 1.82) is 0 Å². The van der Waals surface area contributed by atoms with Crippen molar-refractivity contribution in [2.24, 2.45) is 0 Å². The molecule has 3 rings (SSSR count). The summed E-state index contributed by atoms with van der Waals surface area (Å²) < 4.78 is 10.8. The maximum absolute atomic E-state index is 11.9. The molecule has 5 heteroatoms. The van der Waals surface area contributed by atoms with E-state index in [1.165, 1.54) is 11.3 Å². The second-order valence-corrected chi connectivity index (χ2v) is 6.59. The summed E-state index contributed by atoms with van der Waals surface area (Å²) in [6, 6.07) is 15.8. The molecule has 0 N–H and O–H groups in total. The van der Waals surface area contributed by atoms with Crippen molar-refractivity contribution in [3.8, 4) is 16.3 Å². The molecule has 25 heavy (non-hydrogen) atoms. The molecule has 3 aromatic rings. The van der Waals surface area contributed by atoms with Gasteiger partial charge in [-0.3, -0.25) is 0 Å². The summed E-state index contributed by atoms with van der Waals surface area (Å²) in [5, 5.41) is 2.82. The van der Waals surface area contributed by atoms with Gasteiger partial charge in [0.05, 0.1) is 5.69 Å². The predicted octanol–water partition coefficient (Wildman–Crippen LogP) is 4.55. The van der Waals surface area contributed by atoms with E-state index < -0.39 is 5.97 Å². The van der Waals surface area contributed by atoms with Gasteiger partial charge in [0.1, 0.15) is 17.4 Å². The molecule has 0 aliphatic carbocycles. The Hall–Kier alpha value is -2.66. The highest BCUT2D eigenvalue weighted by Gasteiger charge is 2.09. The number of carbonyl (C=O) groups excluding carboxylic acids is 1. The Kier molecular flexibility index (Phi) is 5.46. The number of ether oxygens (including phenoxy) is 2. The maximum atomic E-state index is 11.9. The Morgan fingerprint density at radius 1 is 1.12 bits per heavy atom. The third-order valence-corrected chi connectivity index (χ3v) is 4.58. The average molecular weight is 353 g/mol. The number of aromatic nitrogens is 1. The Bertz CT molecular complexity index is 858. The molecule has 128 valence electrons. The van der Waals surface area contributed by atoms with Crippen LogP contribution in [0.15, 0.2) is 53.9 Å². The fourth-order valence-corrected chi connectivity index (χ4v) is 3.09. The highest BCUT2D eigenvalue weighted by Crippen LogP contribution is 2.23. The van der Waals surface area contributed by atoms with E-state index in [2.05, 4.69) is 4.98 Å². The summed E-state index contributed by atoms with van der Waals surface area (Å²) in [5.41, 5.74) is 3.88. The predicted molar refractivity (Wildman–Crippen MR) is 98.8 cm³/mol. The molecular weight excluding hydrogens is 334 g/mol. The number of benzene rings is 2. The average Bonchev–Trinajstić information content (AvgIpc) is 3.10. The quantitative estimate of drug-likeness (QED) is 0.610. The van der Waals surface area contributed by atoms with Crippen LogP contribution in [0.5, 0.6) is 5.75 Å². The first-order valence-corrected chi connectivity index (χ1v) is 8.85. The van der Waals surface area contributed by atoms with Gasteiger partial charge < -0.3 is 9.47 Å². The summed E-state index contributed by atoms with van der Waals surface area (Å²) in [7, 11) is 0. The van der Waals surface area contributed by atoms with Crippen molar-refractivity contribution < 1.29 is 14.3 Å². The summed E-state index contributed by atoms with van der Waals surface area (Å²) in [6.07, 6.45) is 0. The third kappa shape index (κ3) is 4.67. The first-order valence-electron chi connectivity index (χ1n) is 7.97. The number of hydrogen-bond acceptors (Lipinski definition) is 5. The van der Waals surface area contributed by atoms with Crippen LogP contribution in [0.25, 0.3) is 10.6 Å². The second kappa shape index (κ2) is 7.94. The number of carbonyl (C=O) groups is 1. The lowest BCUT2D eigenvalue weighted by Gasteiger charge is -2.09. The Labute approximate surface area is 151 Å². The minimum atomic E-state index is -0.407. The second-order valence-electron chi connectivity index (χ2n) is 5.73. The van der Waals surface area contributed by atoms with Gasteiger partial charge in [0.15, 0.2) is 6.61 Å². The van der Waals surface area contributed by atoms with Gasteiger partial charge in [0.25, 0.3) is 0 Å². The van der Waals surface area contributed by atoms with Gasteiger partial charge in [-0.1, -0.05) is 42.5 Å². The van der Waals surface area contributed by atoms with Crippen LogP contribution in [0.4, 0.5) is 0 Å². The van der Waals surface area contributed by atoms with Crippen LogP contribution in [0, 0.1) is 13.8 Å². The molecule has 1 aromatic heterocycles. The fraction of sp³-hybridized carbons (Fsp3) is 0.200. The number of thiazole rings is 1. The van der Waals surface area contributed by atoms with E-state index in [9.17, 15) is 4.79 Å². The minimum Gasteiger partial charge on any atom is -0.482 e. The largest absolute Gasteiger partial charge is 0.482 e. The molecule has 4 nitrogen and oxygen atoms in total. The van der Waals surface area contributed by atoms with Crippen molar-refractivity contribution in [3.63, 3.8) is 0 Å². The van der Waals surface area contributed by atoms with Crippen LogP contribution in [-0.4, -0.2) is 17.6 Å².